The maximum Gasteiger partial charge on any atom is 0.270 e. The Bertz CT molecular complexity index is 601. The van der Waals surface area contributed by atoms with Gasteiger partial charge in [0, 0.05) is 30.1 Å². The van der Waals surface area contributed by atoms with E-state index in [1.54, 1.807) is 18.2 Å². The molecule has 0 amide bonds. The van der Waals surface area contributed by atoms with Gasteiger partial charge in [-0.25, -0.2) is 4.98 Å². The number of aromatic nitrogens is 1. The van der Waals surface area contributed by atoms with E-state index in [4.69, 9.17) is 4.74 Å². The summed E-state index contributed by atoms with van der Waals surface area (Å²) in [4.78, 5) is 14.6. The molecule has 0 radical (unpaired) electrons. The molecular weight excluding hydrogens is 246 g/mol. The number of fused-ring (bicyclic) bond motifs is 1. The molecule has 2 aromatic rings. The zero-order valence-electron chi connectivity index (χ0n) is 10.8. The lowest BCUT2D eigenvalue weighted by Gasteiger charge is -2.13. The van der Waals surface area contributed by atoms with E-state index in [1.165, 1.54) is 12.1 Å². The number of pyridine rings is 1. The number of hydrogen-bond donors (Lipinski definition) is 1. The second-order valence-corrected chi connectivity index (χ2v) is 4.27. The predicted octanol–water partition coefficient (Wildman–Crippen LogP) is 2.13. The van der Waals surface area contributed by atoms with E-state index < -0.39 is 4.92 Å². The smallest absolute Gasteiger partial charge is 0.270 e. The first kappa shape index (κ1) is 13.2. The van der Waals surface area contributed by atoms with E-state index in [0.29, 0.717) is 11.4 Å². The van der Waals surface area contributed by atoms with Gasteiger partial charge in [-0.15, -0.1) is 0 Å². The van der Waals surface area contributed by atoms with Gasteiger partial charge in [0.1, 0.15) is 6.10 Å². The third-order valence-corrected chi connectivity index (χ3v) is 2.67. The lowest BCUT2D eigenvalue weighted by molar-refractivity contribution is -0.384. The SMILES string of the molecule is CNCC(C)Oc1ccc2cc([N+](=O)[O-])ccc2n1. The van der Waals surface area contributed by atoms with Gasteiger partial charge in [0.2, 0.25) is 5.88 Å². The standard InChI is InChI=1S/C13H15N3O3/c1-9(8-14-2)19-13-6-3-10-7-11(16(17)18)4-5-12(10)15-13/h3-7,9,14H,8H2,1-2H3. The van der Waals surface area contributed by atoms with Crippen LogP contribution in [0.2, 0.25) is 0 Å². The molecule has 6 heteroatoms. The van der Waals surface area contributed by atoms with Crippen LogP contribution in [0.25, 0.3) is 10.9 Å². The minimum Gasteiger partial charge on any atom is -0.473 e. The van der Waals surface area contributed by atoms with E-state index in [-0.39, 0.29) is 11.8 Å². The molecule has 1 aromatic heterocycles. The second kappa shape index (κ2) is 5.62. The van der Waals surface area contributed by atoms with Crippen LogP contribution in [0.4, 0.5) is 5.69 Å². The van der Waals surface area contributed by atoms with Crippen molar-refractivity contribution in [3.8, 4) is 5.88 Å². The molecule has 2 rings (SSSR count). The van der Waals surface area contributed by atoms with Crippen LogP contribution < -0.4 is 10.1 Å². The van der Waals surface area contributed by atoms with Crippen LogP contribution in [-0.2, 0) is 0 Å². The zero-order valence-corrected chi connectivity index (χ0v) is 10.8. The van der Waals surface area contributed by atoms with Crippen molar-refractivity contribution in [3.63, 3.8) is 0 Å². The minimum absolute atomic E-state index is 0.00741. The normalized spacial score (nSPS) is 12.3. The Morgan fingerprint density at radius 3 is 2.89 bits per heavy atom. The Kier molecular flexibility index (Phi) is 3.91. The number of nitro benzene ring substituents is 1. The quantitative estimate of drug-likeness (QED) is 0.659. The maximum atomic E-state index is 10.7. The lowest BCUT2D eigenvalue weighted by Crippen LogP contribution is -2.26. The third kappa shape index (κ3) is 3.17. The molecule has 0 aliphatic rings. The summed E-state index contributed by atoms with van der Waals surface area (Å²) in [6.45, 7) is 2.66. The molecule has 0 spiro atoms. The van der Waals surface area contributed by atoms with Gasteiger partial charge in [-0.3, -0.25) is 10.1 Å². The molecule has 0 bridgehead atoms. The van der Waals surface area contributed by atoms with Crippen LogP contribution in [0, 0.1) is 10.1 Å². The Morgan fingerprint density at radius 1 is 1.42 bits per heavy atom. The summed E-state index contributed by atoms with van der Waals surface area (Å²) in [6.07, 6.45) is 0.00741. The van der Waals surface area contributed by atoms with Crippen molar-refractivity contribution in [1.29, 1.82) is 0 Å². The van der Waals surface area contributed by atoms with Gasteiger partial charge in [-0.1, -0.05) is 0 Å². The molecule has 100 valence electrons. The highest BCUT2D eigenvalue weighted by atomic mass is 16.6. The summed E-state index contributed by atoms with van der Waals surface area (Å²) in [5, 5.41) is 14.4. The van der Waals surface area contributed by atoms with Crippen LogP contribution in [0.5, 0.6) is 5.88 Å². The van der Waals surface area contributed by atoms with Crippen molar-refractivity contribution < 1.29 is 9.66 Å². The molecule has 1 N–H and O–H groups in total. The molecule has 0 aliphatic heterocycles. The van der Waals surface area contributed by atoms with Crippen molar-refractivity contribution in [2.45, 2.75) is 13.0 Å². The molecule has 0 fully saturated rings. The fourth-order valence-corrected chi connectivity index (χ4v) is 1.81. The van der Waals surface area contributed by atoms with Crippen LogP contribution in [-0.4, -0.2) is 29.6 Å². The molecule has 1 heterocycles. The largest absolute Gasteiger partial charge is 0.473 e. The summed E-state index contributed by atoms with van der Waals surface area (Å²) in [5.74, 6) is 0.518. The van der Waals surface area contributed by atoms with Crippen molar-refractivity contribution in [2.75, 3.05) is 13.6 Å². The topological polar surface area (TPSA) is 77.3 Å². The Balaban J connectivity index is 2.26. The Labute approximate surface area is 110 Å². The van der Waals surface area contributed by atoms with Crippen molar-refractivity contribution in [1.82, 2.24) is 10.3 Å². The number of nitrogens with one attached hydrogen (secondary N) is 1. The van der Waals surface area contributed by atoms with Crippen molar-refractivity contribution >= 4 is 16.6 Å². The highest BCUT2D eigenvalue weighted by Crippen LogP contribution is 2.22. The summed E-state index contributed by atoms with van der Waals surface area (Å²) in [5.41, 5.74) is 0.742. The molecule has 1 atom stereocenters. The molecule has 6 nitrogen and oxygen atoms in total. The summed E-state index contributed by atoms with van der Waals surface area (Å²) in [6, 6.07) is 8.07. The fourth-order valence-electron chi connectivity index (χ4n) is 1.81. The van der Waals surface area contributed by atoms with Gasteiger partial charge in [0.25, 0.3) is 5.69 Å². The van der Waals surface area contributed by atoms with Gasteiger partial charge in [-0.05, 0) is 26.1 Å². The first-order chi connectivity index (χ1) is 9.10. The van der Waals surface area contributed by atoms with Crippen LogP contribution in [0.15, 0.2) is 30.3 Å². The number of nitrogens with zero attached hydrogens (tertiary/aromatic N) is 2. The van der Waals surface area contributed by atoms with E-state index in [0.717, 1.165) is 11.9 Å². The maximum absolute atomic E-state index is 10.7. The number of ether oxygens (including phenoxy) is 1. The van der Waals surface area contributed by atoms with Gasteiger partial charge in [0.05, 0.1) is 10.4 Å². The van der Waals surface area contributed by atoms with Gasteiger partial charge < -0.3 is 10.1 Å². The molecule has 0 aliphatic carbocycles. The van der Waals surface area contributed by atoms with E-state index >= 15 is 0 Å². The summed E-state index contributed by atoms with van der Waals surface area (Å²) in [7, 11) is 1.85. The first-order valence-electron chi connectivity index (χ1n) is 5.96. The highest BCUT2D eigenvalue weighted by molar-refractivity contribution is 5.81. The first-order valence-corrected chi connectivity index (χ1v) is 5.96. The molecular formula is C13H15N3O3. The number of non-ortho nitro benzene ring substituents is 1. The molecule has 19 heavy (non-hydrogen) atoms. The molecule has 1 unspecified atom stereocenters. The second-order valence-electron chi connectivity index (χ2n) is 4.27. The Morgan fingerprint density at radius 2 is 2.21 bits per heavy atom. The highest BCUT2D eigenvalue weighted by Gasteiger charge is 2.08. The number of likely N-dealkylation sites (N-methyl/N-ethyl adjacent to an activating group) is 1. The van der Waals surface area contributed by atoms with E-state index in [2.05, 4.69) is 10.3 Å². The van der Waals surface area contributed by atoms with Crippen LogP contribution in [0.1, 0.15) is 6.92 Å². The minimum atomic E-state index is -0.418. The molecule has 0 saturated heterocycles. The van der Waals surface area contributed by atoms with Gasteiger partial charge in [-0.2, -0.15) is 0 Å². The number of hydrogen-bond acceptors (Lipinski definition) is 5. The average Bonchev–Trinajstić information content (AvgIpc) is 2.38. The summed E-state index contributed by atoms with van der Waals surface area (Å²) >= 11 is 0. The van der Waals surface area contributed by atoms with Crippen molar-refractivity contribution in [3.05, 3.63) is 40.4 Å². The van der Waals surface area contributed by atoms with Crippen molar-refractivity contribution in [2.24, 2.45) is 0 Å². The average molecular weight is 261 g/mol. The Hall–Kier alpha value is -2.21. The third-order valence-electron chi connectivity index (χ3n) is 2.67. The van der Waals surface area contributed by atoms with Crippen LogP contribution in [0.3, 0.4) is 0 Å². The lowest BCUT2D eigenvalue weighted by atomic mass is 10.2. The molecule has 0 saturated carbocycles. The monoisotopic (exact) mass is 261 g/mol. The van der Waals surface area contributed by atoms with E-state index in [9.17, 15) is 10.1 Å². The van der Waals surface area contributed by atoms with Gasteiger partial charge >= 0.3 is 0 Å². The van der Waals surface area contributed by atoms with Gasteiger partial charge in [0.15, 0.2) is 0 Å². The zero-order chi connectivity index (χ0) is 13.8. The molecule has 1 aromatic carbocycles. The fraction of sp³-hybridized carbons (Fsp3) is 0.308. The number of benzene rings is 1. The number of rotatable bonds is 5. The van der Waals surface area contributed by atoms with E-state index in [1.807, 2.05) is 14.0 Å². The summed E-state index contributed by atoms with van der Waals surface area (Å²) < 4.78 is 5.63. The van der Waals surface area contributed by atoms with Crippen LogP contribution >= 0.6 is 0 Å². The number of nitro groups is 1. The predicted molar refractivity (Wildman–Crippen MR) is 72.4 cm³/mol.